The van der Waals surface area contributed by atoms with Gasteiger partial charge in [-0.05, 0) is 30.9 Å². The Morgan fingerprint density at radius 3 is 2.61 bits per heavy atom. The number of amides is 1. The van der Waals surface area contributed by atoms with E-state index in [9.17, 15) is 4.79 Å². The first-order chi connectivity index (χ1) is 8.79. The number of nitrogens with zero attached hydrogens (tertiary/aromatic N) is 2. The number of anilines is 2. The van der Waals surface area contributed by atoms with Crippen molar-refractivity contribution in [3.63, 3.8) is 0 Å². The Morgan fingerprint density at radius 1 is 1.22 bits per heavy atom. The van der Waals surface area contributed by atoms with Crippen molar-refractivity contribution in [2.24, 2.45) is 11.7 Å². The molecule has 1 aliphatic heterocycles. The molecule has 1 aromatic rings. The molecule has 1 aromatic carbocycles. The van der Waals surface area contributed by atoms with Crippen LogP contribution in [0.15, 0.2) is 24.3 Å². The zero-order chi connectivity index (χ0) is 12.5. The van der Waals surface area contributed by atoms with Crippen molar-refractivity contribution >= 4 is 17.3 Å². The molecule has 0 aromatic heterocycles. The van der Waals surface area contributed by atoms with Gasteiger partial charge in [0.1, 0.15) is 0 Å². The maximum absolute atomic E-state index is 11.9. The monoisotopic (exact) mass is 245 g/mol. The quantitative estimate of drug-likeness (QED) is 0.870. The molecule has 1 fully saturated rings. The molecule has 0 radical (unpaired) electrons. The van der Waals surface area contributed by atoms with Crippen LogP contribution in [0.2, 0.25) is 0 Å². The average molecular weight is 245 g/mol. The lowest BCUT2D eigenvalue weighted by Crippen LogP contribution is -2.46. The summed E-state index contributed by atoms with van der Waals surface area (Å²) in [5.74, 6) is 0.864. The number of hydrogen-bond donors (Lipinski definition) is 1. The molecule has 0 atom stereocenters. The van der Waals surface area contributed by atoms with Gasteiger partial charge in [0.15, 0.2) is 0 Å². The lowest BCUT2D eigenvalue weighted by atomic mass is 10.1. The molecule has 1 heterocycles. The summed E-state index contributed by atoms with van der Waals surface area (Å²) in [4.78, 5) is 16.1. The molecule has 1 aliphatic carbocycles. The van der Waals surface area contributed by atoms with Crippen molar-refractivity contribution < 1.29 is 4.79 Å². The van der Waals surface area contributed by atoms with Crippen LogP contribution in [0.5, 0.6) is 0 Å². The zero-order valence-corrected chi connectivity index (χ0v) is 10.5. The molecule has 96 valence electrons. The normalized spacial score (nSPS) is 18.7. The molecule has 2 N–H and O–H groups in total. The Bertz CT molecular complexity index is 456. The zero-order valence-electron chi connectivity index (χ0n) is 10.5. The van der Waals surface area contributed by atoms with Gasteiger partial charge in [-0.25, -0.2) is 0 Å². The van der Waals surface area contributed by atoms with Crippen LogP contribution in [0.4, 0.5) is 11.4 Å². The maximum atomic E-state index is 11.9. The first-order valence-corrected chi connectivity index (χ1v) is 6.64. The summed E-state index contributed by atoms with van der Waals surface area (Å²) < 4.78 is 0. The van der Waals surface area contributed by atoms with Crippen molar-refractivity contribution in [1.29, 1.82) is 0 Å². The summed E-state index contributed by atoms with van der Waals surface area (Å²) in [5, 5.41) is 0. The Labute approximate surface area is 107 Å². The largest absolute Gasteiger partial charge is 0.368 e. The number of para-hydroxylation sites is 2. The summed E-state index contributed by atoms with van der Waals surface area (Å²) in [6.07, 6.45) is 2.70. The lowest BCUT2D eigenvalue weighted by molar-refractivity contribution is -0.117. The van der Waals surface area contributed by atoms with E-state index < -0.39 is 0 Å². The number of rotatable bonds is 3. The highest BCUT2D eigenvalue weighted by molar-refractivity contribution is 5.98. The maximum Gasteiger partial charge on any atom is 0.240 e. The fourth-order valence-electron chi connectivity index (χ4n) is 2.59. The predicted octanol–water partition coefficient (Wildman–Crippen LogP) is 1.21. The van der Waals surface area contributed by atoms with Gasteiger partial charge in [0, 0.05) is 19.6 Å². The highest BCUT2D eigenvalue weighted by atomic mass is 16.2. The molecular formula is C14H19N3O. The van der Waals surface area contributed by atoms with Gasteiger partial charge in [-0.3, -0.25) is 4.79 Å². The summed E-state index contributed by atoms with van der Waals surface area (Å²) in [7, 11) is 0. The minimum Gasteiger partial charge on any atom is -0.368 e. The van der Waals surface area contributed by atoms with Crippen LogP contribution >= 0.6 is 0 Å². The van der Waals surface area contributed by atoms with Gasteiger partial charge in [0.05, 0.1) is 17.9 Å². The number of benzene rings is 1. The van der Waals surface area contributed by atoms with E-state index in [2.05, 4.69) is 11.0 Å². The van der Waals surface area contributed by atoms with Gasteiger partial charge in [-0.15, -0.1) is 0 Å². The van der Waals surface area contributed by atoms with E-state index in [4.69, 9.17) is 5.73 Å². The van der Waals surface area contributed by atoms with Crippen molar-refractivity contribution in [2.75, 3.05) is 36.0 Å². The SMILES string of the molecule is NCC(=O)N1CCN(CC2CC2)c2ccccc21. The van der Waals surface area contributed by atoms with E-state index in [1.807, 2.05) is 23.1 Å². The standard InChI is InChI=1S/C14H19N3O/c15-9-14(18)17-8-7-16(10-11-5-6-11)12-3-1-2-4-13(12)17/h1-4,11H,5-10,15H2. The Balaban J connectivity index is 1.89. The fraction of sp³-hybridized carbons (Fsp3) is 0.500. The lowest BCUT2D eigenvalue weighted by Gasteiger charge is -2.37. The molecule has 0 spiro atoms. The Morgan fingerprint density at radius 2 is 1.94 bits per heavy atom. The van der Waals surface area contributed by atoms with Gasteiger partial charge < -0.3 is 15.5 Å². The van der Waals surface area contributed by atoms with Gasteiger partial charge in [-0.1, -0.05) is 12.1 Å². The molecule has 2 aliphatic rings. The molecule has 0 bridgehead atoms. The van der Waals surface area contributed by atoms with Crippen LogP contribution in [0.25, 0.3) is 0 Å². The van der Waals surface area contributed by atoms with Crippen molar-refractivity contribution in [3.8, 4) is 0 Å². The Kier molecular flexibility index (Phi) is 2.96. The Hall–Kier alpha value is -1.55. The van der Waals surface area contributed by atoms with Crippen LogP contribution in [-0.4, -0.2) is 32.1 Å². The second-order valence-electron chi connectivity index (χ2n) is 5.13. The number of carbonyl (C=O) groups excluding carboxylic acids is 1. The smallest absolute Gasteiger partial charge is 0.240 e. The molecule has 1 saturated carbocycles. The average Bonchev–Trinajstić information content (AvgIpc) is 3.22. The van der Waals surface area contributed by atoms with E-state index >= 15 is 0 Å². The van der Waals surface area contributed by atoms with E-state index in [1.54, 1.807) is 0 Å². The second kappa shape index (κ2) is 4.61. The molecule has 18 heavy (non-hydrogen) atoms. The highest BCUT2D eigenvalue weighted by Gasteiger charge is 2.30. The topological polar surface area (TPSA) is 49.6 Å². The van der Waals surface area contributed by atoms with E-state index in [0.717, 1.165) is 31.2 Å². The second-order valence-corrected chi connectivity index (χ2v) is 5.13. The third-order valence-corrected chi connectivity index (χ3v) is 3.76. The fourth-order valence-corrected chi connectivity index (χ4v) is 2.59. The third kappa shape index (κ3) is 2.08. The number of carbonyl (C=O) groups is 1. The number of fused-ring (bicyclic) bond motifs is 1. The first-order valence-electron chi connectivity index (χ1n) is 6.64. The summed E-state index contributed by atoms with van der Waals surface area (Å²) in [5.41, 5.74) is 7.67. The van der Waals surface area contributed by atoms with Gasteiger partial charge in [-0.2, -0.15) is 0 Å². The van der Waals surface area contributed by atoms with Gasteiger partial charge in [0.25, 0.3) is 0 Å². The van der Waals surface area contributed by atoms with Crippen molar-refractivity contribution in [2.45, 2.75) is 12.8 Å². The first kappa shape index (κ1) is 11.5. The summed E-state index contributed by atoms with van der Waals surface area (Å²) in [6, 6.07) is 8.14. The van der Waals surface area contributed by atoms with Crippen LogP contribution in [0.1, 0.15) is 12.8 Å². The summed E-state index contributed by atoms with van der Waals surface area (Å²) >= 11 is 0. The molecule has 0 saturated heterocycles. The van der Waals surface area contributed by atoms with Gasteiger partial charge in [0.2, 0.25) is 5.91 Å². The summed E-state index contributed by atoms with van der Waals surface area (Å²) in [6.45, 7) is 2.87. The number of nitrogens with two attached hydrogens (primary N) is 1. The minimum absolute atomic E-state index is 0.00789. The van der Waals surface area contributed by atoms with Crippen LogP contribution in [-0.2, 0) is 4.79 Å². The third-order valence-electron chi connectivity index (χ3n) is 3.76. The molecule has 4 heteroatoms. The van der Waals surface area contributed by atoms with Crippen molar-refractivity contribution in [3.05, 3.63) is 24.3 Å². The predicted molar refractivity (Wildman–Crippen MR) is 72.8 cm³/mol. The number of hydrogen-bond acceptors (Lipinski definition) is 3. The minimum atomic E-state index is 0.00789. The molecule has 3 rings (SSSR count). The van der Waals surface area contributed by atoms with Gasteiger partial charge >= 0.3 is 0 Å². The molecule has 1 amide bonds. The van der Waals surface area contributed by atoms with E-state index in [0.29, 0.717) is 0 Å². The van der Waals surface area contributed by atoms with Crippen molar-refractivity contribution in [1.82, 2.24) is 0 Å². The van der Waals surface area contributed by atoms with Crippen LogP contribution in [0, 0.1) is 5.92 Å². The molecule has 4 nitrogen and oxygen atoms in total. The molecular weight excluding hydrogens is 226 g/mol. The van der Waals surface area contributed by atoms with Crippen LogP contribution in [0.3, 0.4) is 0 Å². The highest BCUT2D eigenvalue weighted by Crippen LogP contribution is 2.37. The van der Waals surface area contributed by atoms with E-state index in [1.165, 1.54) is 18.5 Å². The van der Waals surface area contributed by atoms with Crippen LogP contribution < -0.4 is 15.5 Å². The van der Waals surface area contributed by atoms with E-state index in [-0.39, 0.29) is 12.5 Å². The molecule has 0 unspecified atom stereocenters.